The summed E-state index contributed by atoms with van der Waals surface area (Å²) in [6.45, 7) is -0.106. The lowest BCUT2D eigenvalue weighted by atomic mass is 10.1. The van der Waals surface area contributed by atoms with Gasteiger partial charge in [-0.2, -0.15) is 0 Å². The molecule has 2 aromatic rings. The molecule has 7 heteroatoms. The molecule has 1 heterocycles. The van der Waals surface area contributed by atoms with E-state index in [1.807, 2.05) is 6.07 Å². The van der Waals surface area contributed by atoms with Crippen molar-refractivity contribution in [1.29, 1.82) is 0 Å². The second kappa shape index (κ2) is 7.37. The number of nitrogens with zero attached hydrogens (tertiary/aromatic N) is 1. The second-order valence-corrected chi connectivity index (χ2v) is 6.00. The van der Waals surface area contributed by atoms with Gasteiger partial charge in [-0.3, -0.25) is 14.4 Å². The summed E-state index contributed by atoms with van der Waals surface area (Å²) in [5.74, 6) is -2.13. The Bertz CT molecular complexity index is 838. The maximum absolute atomic E-state index is 12.3. The maximum Gasteiger partial charge on any atom is 0.310 e. The number of aliphatic hydroxyl groups excluding tert-OH is 1. The Kier molecular flexibility index (Phi) is 4.99. The summed E-state index contributed by atoms with van der Waals surface area (Å²) in [5, 5.41) is 14.9. The molecule has 0 fully saturated rings. The summed E-state index contributed by atoms with van der Waals surface area (Å²) < 4.78 is 0. The van der Waals surface area contributed by atoms with Crippen molar-refractivity contribution >= 4 is 23.4 Å². The van der Waals surface area contributed by atoms with Crippen molar-refractivity contribution in [3.63, 3.8) is 0 Å². The van der Waals surface area contributed by atoms with Crippen LogP contribution in [-0.2, 0) is 14.4 Å². The van der Waals surface area contributed by atoms with Gasteiger partial charge in [0.05, 0.1) is 6.10 Å². The van der Waals surface area contributed by atoms with Crippen LogP contribution in [0.1, 0.15) is 23.3 Å². The fraction of sp³-hybridized carbons (Fsp3) is 0.211. The minimum Gasteiger partial charge on any atom is -0.387 e. The van der Waals surface area contributed by atoms with Gasteiger partial charge < -0.3 is 20.6 Å². The van der Waals surface area contributed by atoms with Crippen LogP contribution in [0.3, 0.4) is 0 Å². The van der Waals surface area contributed by atoms with Crippen LogP contribution in [0.2, 0.25) is 0 Å². The molecule has 7 nitrogen and oxygen atoms in total. The molecule has 3 amide bonds. The Hall–Kier alpha value is -3.19. The van der Waals surface area contributed by atoms with E-state index in [0.29, 0.717) is 16.8 Å². The summed E-state index contributed by atoms with van der Waals surface area (Å²) >= 11 is 0. The number of para-hydroxylation sites is 1. The number of benzene rings is 2. The molecule has 134 valence electrons. The van der Waals surface area contributed by atoms with Crippen molar-refractivity contribution in [3.05, 3.63) is 65.7 Å². The van der Waals surface area contributed by atoms with Crippen molar-refractivity contribution in [1.82, 2.24) is 10.6 Å². The average Bonchev–Trinajstić information content (AvgIpc) is 2.91. The van der Waals surface area contributed by atoms with E-state index in [1.165, 1.54) is 4.90 Å². The number of amides is 3. The highest BCUT2D eigenvalue weighted by molar-refractivity contribution is 6.35. The third kappa shape index (κ3) is 3.43. The zero-order chi connectivity index (χ0) is 18.7. The van der Waals surface area contributed by atoms with Crippen molar-refractivity contribution in [2.45, 2.75) is 12.1 Å². The minimum atomic E-state index is -0.923. The van der Waals surface area contributed by atoms with E-state index >= 15 is 0 Å². The Morgan fingerprint density at radius 1 is 1.08 bits per heavy atom. The number of carbonyl (C=O) groups is 3. The van der Waals surface area contributed by atoms with E-state index in [9.17, 15) is 19.5 Å². The number of aliphatic hydroxyl groups is 1. The van der Waals surface area contributed by atoms with E-state index < -0.39 is 24.0 Å². The molecule has 3 rings (SSSR count). The van der Waals surface area contributed by atoms with E-state index in [4.69, 9.17) is 0 Å². The lowest BCUT2D eigenvalue weighted by Gasteiger charge is -2.14. The van der Waals surface area contributed by atoms with Gasteiger partial charge in [0.25, 0.3) is 5.91 Å². The molecule has 2 aromatic carbocycles. The van der Waals surface area contributed by atoms with Crippen LogP contribution in [0.4, 0.5) is 5.69 Å². The number of hydrogen-bond donors (Lipinski definition) is 3. The van der Waals surface area contributed by atoms with Crippen LogP contribution in [0.5, 0.6) is 0 Å². The van der Waals surface area contributed by atoms with Gasteiger partial charge in [0.15, 0.2) is 0 Å². The van der Waals surface area contributed by atoms with Gasteiger partial charge in [0.2, 0.25) is 0 Å². The largest absolute Gasteiger partial charge is 0.387 e. The molecular formula is C19H19N3O4. The lowest BCUT2D eigenvalue weighted by Crippen LogP contribution is -2.45. The topological polar surface area (TPSA) is 98.7 Å². The van der Waals surface area contributed by atoms with Crippen LogP contribution < -0.4 is 15.5 Å². The number of nitrogens with one attached hydrogen (secondary N) is 2. The summed E-state index contributed by atoms with van der Waals surface area (Å²) in [7, 11) is 1.61. The SMILES string of the molecule is CN1C(=O)[C@@H](NC(=O)C(=O)NC[C@@H](O)c2ccccc2)c2ccccc21. The summed E-state index contributed by atoms with van der Waals surface area (Å²) in [4.78, 5) is 37.9. The quantitative estimate of drug-likeness (QED) is 0.704. The second-order valence-electron chi connectivity index (χ2n) is 6.00. The molecule has 3 N–H and O–H groups in total. The van der Waals surface area contributed by atoms with Gasteiger partial charge in [-0.05, 0) is 11.6 Å². The molecule has 0 aromatic heterocycles. The Morgan fingerprint density at radius 2 is 1.73 bits per heavy atom. The summed E-state index contributed by atoms with van der Waals surface area (Å²) in [6.07, 6.45) is -0.923. The smallest absolute Gasteiger partial charge is 0.310 e. The van der Waals surface area contributed by atoms with Gasteiger partial charge in [-0.25, -0.2) is 0 Å². The van der Waals surface area contributed by atoms with E-state index in [0.717, 1.165) is 0 Å². The molecule has 1 aliphatic heterocycles. The predicted molar refractivity (Wildman–Crippen MR) is 95.1 cm³/mol. The first-order chi connectivity index (χ1) is 12.5. The van der Waals surface area contributed by atoms with Crippen LogP contribution in [0.25, 0.3) is 0 Å². The summed E-state index contributed by atoms with van der Waals surface area (Å²) in [5.41, 5.74) is 1.97. The van der Waals surface area contributed by atoms with Crippen molar-refractivity contribution in [2.24, 2.45) is 0 Å². The molecule has 0 spiro atoms. The fourth-order valence-corrected chi connectivity index (χ4v) is 2.88. The first-order valence-electron chi connectivity index (χ1n) is 8.17. The molecule has 0 aliphatic carbocycles. The molecule has 1 aliphatic rings. The molecule has 0 unspecified atom stereocenters. The molecule has 0 saturated carbocycles. The van der Waals surface area contributed by atoms with Crippen LogP contribution >= 0.6 is 0 Å². The first-order valence-corrected chi connectivity index (χ1v) is 8.17. The van der Waals surface area contributed by atoms with Crippen LogP contribution in [-0.4, -0.2) is 36.4 Å². The van der Waals surface area contributed by atoms with Crippen molar-refractivity contribution in [2.75, 3.05) is 18.5 Å². The van der Waals surface area contributed by atoms with Crippen LogP contribution in [0.15, 0.2) is 54.6 Å². The Morgan fingerprint density at radius 3 is 2.46 bits per heavy atom. The van der Waals surface area contributed by atoms with E-state index in [1.54, 1.807) is 55.6 Å². The molecular weight excluding hydrogens is 334 g/mol. The fourth-order valence-electron chi connectivity index (χ4n) is 2.88. The standard InChI is InChI=1S/C19H19N3O4/c1-22-14-10-6-5-9-13(14)16(19(22)26)21-18(25)17(24)20-11-15(23)12-7-3-2-4-8-12/h2-10,15-16,23H,11H2,1H3,(H,20,24)(H,21,25)/t15-,16+/m1/s1. The van der Waals surface area contributed by atoms with Gasteiger partial charge in [0, 0.05) is 24.8 Å². The monoisotopic (exact) mass is 353 g/mol. The molecule has 2 atom stereocenters. The highest BCUT2D eigenvalue weighted by atomic mass is 16.3. The zero-order valence-corrected chi connectivity index (χ0v) is 14.2. The first kappa shape index (κ1) is 17.6. The number of hydrogen-bond acceptors (Lipinski definition) is 4. The minimum absolute atomic E-state index is 0.106. The van der Waals surface area contributed by atoms with E-state index in [-0.39, 0.29) is 12.5 Å². The lowest BCUT2D eigenvalue weighted by molar-refractivity contribution is -0.140. The molecule has 0 bridgehead atoms. The number of rotatable bonds is 4. The number of carbonyl (C=O) groups excluding carboxylic acids is 3. The predicted octanol–water partition coefficient (Wildman–Crippen LogP) is 0.670. The van der Waals surface area contributed by atoms with E-state index in [2.05, 4.69) is 10.6 Å². The highest BCUT2D eigenvalue weighted by Gasteiger charge is 2.36. The van der Waals surface area contributed by atoms with Crippen molar-refractivity contribution < 1.29 is 19.5 Å². The average molecular weight is 353 g/mol. The third-order valence-corrected chi connectivity index (χ3v) is 4.31. The molecule has 0 radical (unpaired) electrons. The zero-order valence-electron chi connectivity index (χ0n) is 14.2. The van der Waals surface area contributed by atoms with Gasteiger partial charge in [-0.1, -0.05) is 48.5 Å². The molecule has 0 saturated heterocycles. The van der Waals surface area contributed by atoms with Crippen molar-refractivity contribution in [3.8, 4) is 0 Å². The number of likely N-dealkylation sites (N-methyl/N-ethyl adjacent to an activating group) is 1. The normalized spacial score (nSPS) is 16.8. The van der Waals surface area contributed by atoms with Gasteiger partial charge >= 0.3 is 11.8 Å². The molecule has 26 heavy (non-hydrogen) atoms. The Balaban J connectivity index is 1.60. The number of anilines is 1. The number of fused-ring (bicyclic) bond motifs is 1. The third-order valence-electron chi connectivity index (χ3n) is 4.31. The Labute approximate surface area is 150 Å². The highest BCUT2D eigenvalue weighted by Crippen LogP contribution is 2.34. The maximum atomic E-state index is 12.3. The van der Waals surface area contributed by atoms with Gasteiger partial charge in [-0.15, -0.1) is 0 Å². The van der Waals surface area contributed by atoms with Crippen LogP contribution in [0, 0.1) is 0 Å². The van der Waals surface area contributed by atoms with Gasteiger partial charge in [0.1, 0.15) is 6.04 Å². The summed E-state index contributed by atoms with van der Waals surface area (Å²) in [6, 6.07) is 15.0.